The van der Waals surface area contributed by atoms with Crippen molar-refractivity contribution < 1.29 is 9.90 Å². The molecule has 0 aliphatic carbocycles. The fourth-order valence-corrected chi connectivity index (χ4v) is 1.86. The molecule has 0 unspecified atom stereocenters. The molecule has 0 saturated carbocycles. The summed E-state index contributed by atoms with van der Waals surface area (Å²) in [5.41, 5.74) is 1.80. The first-order chi connectivity index (χ1) is 6.02. The second-order valence-electron chi connectivity index (χ2n) is 2.72. The molecule has 0 aliphatic heterocycles. The zero-order chi connectivity index (χ0) is 10.0. The first kappa shape index (κ1) is 10.7. The maximum atomic E-state index is 10.5. The Hall–Kier alpha value is -0.350. The second kappa shape index (κ2) is 4.24. The molecule has 1 aromatic rings. The van der Waals surface area contributed by atoms with Crippen molar-refractivity contribution in [2.45, 2.75) is 13.3 Å². The van der Waals surface area contributed by atoms with Gasteiger partial charge in [-0.15, -0.1) is 0 Å². The number of hydrogen-bond donors (Lipinski definition) is 1. The van der Waals surface area contributed by atoms with E-state index in [1.54, 1.807) is 0 Å². The molecule has 1 rings (SSSR count). The van der Waals surface area contributed by atoms with Gasteiger partial charge in [0.2, 0.25) is 0 Å². The van der Waals surface area contributed by atoms with Gasteiger partial charge in [0.05, 0.1) is 6.42 Å². The molecule has 0 heterocycles. The molecule has 4 heteroatoms. The van der Waals surface area contributed by atoms with Crippen molar-refractivity contribution in [3.8, 4) is 0 Å². The zero-order valence-electron chi connectivity index (χ0n) is 6.97. The predicted octanol–water partition coefficient (Wildman–Crippen LogP) is 3.15. The van der Waals surface area contributed by atoms with Crippen LogP contribution in [0.15, 0.2) is 21.1 Å². The number of benzene rings is 1. The maximum absolute atomic E-state index is 10.5. The summed E-state index contributed by atoms with van der Waals surface area (Å²) >= 11 is 6.73. The van der Waals surface area contributed by atoms with E-state index in [1.165, 1.54) is 0 Å². The first-order valence-electron chi connectivity index (χ1n) is 3.67. The van der Waals surface area contributed by atoms with Gasteiger partial charge in [-0.05, 0) is 56.0 Å². The number of carboxylic acids is 1. The summed E-state index contributed by atoms with van der Waals surface area (Å²) in [4.78, 5) is 10.5. The lowest BCUT2D eigenvalue weighted by Crippen LogP contribution is -2.02. The van der Waals surface area contributed by atoms with E-state index in [2.05, 4.69) is 31.9 Å². The van der Waals surface area contributed by atoms with Crippen LogP contribution in [0.3, 0.4) is 0 Å². The minimum atomic E-state index is -0.808. The molecule has 0 aliphatic rings. The van der Waals surface area contributed by atoms with E-state index in [-0.39, 0.29) is 6.42 Å². The fraction of sp³-hybridized carbons (Fsp3) is 0.222. The Kier molecular flexibility index (Phi) is 3.50. The number of aliphatic carboxylic acids is 1. The Morgan fingerprint density at radius 3 is 2.62 bits per heavy atom. The van der Waals surface area contributed by atoms with Gasteiger partial charge in [-0.1, -0.05) is 6.07 Å². The summed E-state index contributed by atoms with van der Waals surface area (Å²) in [6.07, 6.45) is 0.0672. The standard InChI is InChI=1S/C9H8Br2O2/c1-5-6(4-8(12)13)2-3-7(10)9(5)11/h2-3H,4H2,1H3,(H,12,13). The number of hydrogen-bond acceptors (Lipinski definition) is 1. The van der Waals surface area contributed by atoms with Crippen molar-refractivity contribution in [2.24, 2.45) is 0 Å². The van der Waals surface area contributed by atoms with Crippen molar-refractivity contribution in [3.63, 3.8) is 0 Å². The molecule has 1 N–H and O–H groups in total. The maximum Gasteiger partial charge on any atom is 0.307 e. The van der Waals surface area contributed by atoms with Gasteiger partial charge < -0.3 is 5.11 Å². The van der Waals surface area contributed by atoms with E-state index in [0.29, 0.717) is 0 Å². The van der Waals surface area contributed by atoms with Crippen LogP contribution in [0.1, 0.15) is 11.1 Å². The van der Waals surface area contributed by atoms with Crippen LogP contribution in [0.5, 0.6) is 0 Å². The largest absolute Gasteiger partial charge is 0.481 e. The van der Waals surface area contributed by atoms with Crippen molar-refractivity contribution in [1.29, 1.82) is 0 Å². The summed E-state index contributed by atoms with van der Waals surface area (Å²) in [5, 5.41) is 8.62. The van der Waals surface area contributed by atoms with Crippen molar-refractivity contribution in [1.82, 2.24) is 0 Å². The third-order valence-electron chi connectivity index (χ3n) is 1.79. The van der Waals surface area contributed by atoms with Crippen LogP contribution in [-0.4, -0.2) is 11.1 Å². The average Bonchev–Trinajstić information content (AvgIpc) is 2.06. The lowest BCUT2D eigenvalue weighted by Gasteiger charge is -2.06. The third kappa shape index (κ3) is 2.54. The van der Waals surface area contributed by atoms with Gasteiger partial charge in [0, 0.05) is 8.95 Å². The van der Waals surface area contributed by atoms with Gasteiger partial charge in [-0.25, -0.2) is 0 Å². The number of carboxylic acid groups (broad SMARTS) is 1. The summed E-state index contributed by atoms with van der Waals surface area (Å²) in [5.74, 6) is -0.808. The van der Waals surface area contributed by atoms with E-state index >= 15 is 0 Å². The second-order valence-corrected chi connectivity index (χ2v) is 4.36. The van der Waals surface area contributed by atoms with Crippen molar-refractivity contribution >= 4 is 37.8 Å². The number of carbonyl (C=O) groups is 1. The summed E-state index contributed by atoms with van der Waals surface area (Å²) in [7, 11) is 0. The SMILES string of the molecule is Cc1c(CC(=O)O)ccc(Br)c1Br. The predicted molar refractivity (Wildman–Crippen MR) is 57.9 cm³/mol. The molecule has 0 fully saturated rings. The Morgan fingerprint density at radius 2 is 2.08 bits per heavy atom. The van der Waals surface area contributed by atoms with Crippen LogP contribution in [-0.2, 0) is 11.2 Å². The van der Waals surface area contributed by atoms with Crippen LogP contribution < -0.4 is 0 Å². The molecule has 70 valence electrons. The van der Waals surface area contributed by atoms with Gasteiger partial charge >= 0.3 is 5.97 Å². The molecule has 13 heavy (non-hydrogen) atoms. The topological polar surface area (TPSA) is 37.3 Å². The first-order valence-corrected chi connectivity index (χ1v) is 5.26. The number of halogens is 2. The summed E-state index contributed by atoms with van der Waals surface area (Å²) < 4.78 is 1.87. The highest BCUT2D eigenvalue weighted by atomic mass is 79.9. The molecular formula is C9H8Br2O2. The molecule has 0 saturated heterocycles. The molecule has 0 bridgehead atoms. The molecule has 0 amide bonds. The lowest BCUT2D eigenvalue weighted by atomic mass is 10.1. The zero-order valence-corrected chi connectivity index (χ0v) is 10.1. The fourth-order valence-electron chi connectivity index (χ4n) is 1.05. The van der Waals surface area contributed by atoms with Crippen LogP contribution in [0, 0.1) is 6.92 Å². The van der Waals surface area contributed by atoms with Gasteiger partial charge in [0.25, 0.3) is 0 Å². The molecule has 0 spiro atoms. The molecule has 1 aromatic carbocycles. The normalized spacial score (nSPS) is 10.1. The van der Waals surface area contributed by atoms with Crippen LogP contribution in [0.2, 0.25) is 0 Å². The Labute approximate surface area is 93.2 Å². The van der Waals surface area contributed by atoms with Crippen LogP contribution in [0.25, 0.3) is 0 Å². The lowest BCUT2D eigenvalue weighted by molar-refractivity contribution is -0.136. The monoisotopic (exact) mass is 306 g/mol. The van der Waals surface area contributed by atoms with E-state index < -0.39 is 5.97 Å². The highest BCUT2D eigenvalue weighted by Crippen LogP contribution is 2.28. The van der Waals surface area contributed by atoms with Crippen molar-refractivity contribution in [3.05, 3.63) is 32.2 Å². The van der Waals surface area contributed by atoms with Gasteiger partial charge in [-0.3, -0.25) is 4.79 Å². The van der Waals surface area contributed by atoms with E-state index in [4.69, 9.17) is 5.11 Å². The highest BCUT2D eigenvalue weighted by Gasteiger charge is 2.08. The van der Waals surface area contributed by atoms with Crippen LogP contribution in [0.4, 0.5) is 0 Å². The third-order valence-corrected chi connectivity index (χ3v) is 4.01. The number of rotatable bonds is 2. The van der Waals surface area contributed by atoms with E-state index in [0.717, 1.165) is 20.1 Å². The van der Waals surface area contributed by atoms with E-state index in [1.807, 2.05) is 19.1 Å². The molecular weight excluding hydrogens is 300 g/mol. The molecule has 0 aromatic heterocycles. The molecule has 0 atom stereocenters. The molecule has 0 radical (unpaired) electrons. The summed E-state index contributed by atoms with van der Waals surface area (Å²) in [6.45, 7) is 1.90. The molecule has 2 nitrogen and oxygen atoms in total. The Morgan fingerprint density at radius 1 is 1.46 bits per heavy atom. The van der Waals surface area contributed by atoms with Crippen molar-refractivity contribution in [2.75, 3.05) is 0 Å². The van der Waals surface area contributed by atoms with Gasteiger partial charge in [0.15, 0.2) is 0 Å². The Bertz CT molecular complexity index is 348. The minimum absolute atomic E-state index is 0.0672. The smallest absolute Gasteiger partial charge is 0.307 e. The van der Waals surface area contributed by atoms with E-state index in [9.17, 15) is 4.79 Å². The quantitative estimate of drug-likeness (QED) is 0.911. The Balaban J connectivity index is 3.10. The van der Waals surface area contributed by atoms with Crippen LogP contribution >= 0.6 is 31.9 Å². The minimum Gasteiger partial charge on any atom is -0.481 e. The summed E-state index contributed by atoms with van der Waals surface area (Å²) in [6, 6.07) is 3.66. The highest BCUT2D eigenvalue weighted by molar-refractivity contribution is 9.13. The van der Waals surface area contributed by atoms with Gasteiger partial charge in [0.1, 0.15) is 0 Å². The average molecular weight is 308 g/mol. The van der Waals surface area contributed by atoms with Gasteiger partial charge in [-0.2, -0.15) is 0 Å².